The molecule has 2 aliphatic heterocycles. The van der Waals surface area contributed by atoms with Crippen molar-refractivity contribution in [1.82, 2.24) is 0 Å². The molecule has 2 fully saturated rings. The first kappa shape index (κ1) is 19.8. The van der Waals surface area contributed by atoms with Crippen LogP contribution in [0, 0.1) is 0 Å². The van der Waals surface area contributed by atoms with Crippen molar-refractivity contribution in [2.45, 2.75) is 61.4 Å². The van der Waals surface area contributed by atoms with Gasteiger partial charge in [-0.1, -0.05) is 0 Å². The van der Waals surface area contributed by atoms with Gasteiger partial charge in [-0.15, -0.1) is 0 Å². The zero-order valence-corrected chi connectivity index (χ0v) is 12.4. The van der Waals surface area contributed by atoms with Crippen molar-refractivity contribution in [3.05, 3.63) is 0 Å². The monoisotopic (exact) mass is 358 g/mol. The van der Waals surface area contributed by atoms with Crippen LogP contribution < -0.4 is 0 Å². The molecule has 0 saturated carbocycles. The van der Waals surface area contributed by atoms with E-state index in [2.05, 4.69) is 4.89 Å². The Morgan fingerprint density at radius 3 is 2.00 bits per heavy atom. The van der Waals surface area contributed by atoms with Gasteiger partial charge in [-0.05, 0) is 0 Å². The molecule has 12 heteroatoms. The second-order valence-corrected chi connectivity index (χ2v) is 5.64. The number of aliphatic hydroxyl groups is 7. The molecule has 0 aromatic rings. The Balaban J connectivity index is 2.11. The third-order valence-corrected chi connectivity index (χ3v) is 4.04. The van der Waals surface area contributed by atoms with E-state index < -0.39 is 74.6 Å². The SMILES string of the molecule is OC[C@H]1O[C@H](O)[C@H](O)[C@@H](O)[C@@H]1O[C@@H]1O[C@H](COO)[C@H](O)[C@H](O)[C@H]1O. The van der Waals surface area contributed by atoms with Crippen LogP contribution in [0.4, 0.5) is 0 Å². The van der Waals surface area contributed by atoms with E-state index >= 15 is 0 Å². The van der Waals surface area contributed by atoms with Crippen molar-refractivity contribution in [3.8, 4) is 0 Å². The van der Waals surface area contributed by atoms with Crippen LogP contribution in [-0.2, 0) is 19.1 Å². The van der Waals surface area contributed by atoms with E-state index in [-0.39, 0.29) is 0 Å². The van der Waals surface area contributed by atoms with Crippen molar-refractivity contribution in [3.63, 3.8) is 0 Å². The average molecular weight is 358 g/mol. The number of hydrogen-bond donors (Lipinski definition) is 8. The van der Waals surface area contributed by atoms with Gasteiger partial charge in [0.25, 0.3) is 0 Å². The Morgan fingerprint density at radius 2 is 1.42 bits per heavy atom. The molecule has 8 N–H and O–H groups in total. The first-order valence-electron chi connectivity index (χ1n) is 7.23. The maximum Gasteiger partial charge on any atom is 0.187 e. The Hall–Kier alpha value is -0.480. The third kappa shape index (κ3) is 3.85. The molecule has 0 unspecified atom stereocenters. The molecule has 24 heavy (non-hydrogen) atoms. The van der Waals surface area contributed by atoms with Crippen LogP contribution in [0.1, 0.15) is 0 Å². The van der Waals surface area contributed by atoms with Gasteiger partial charge in [-0.3, -0.25) is 5.26 Å². The van der Waals surface area contributed by atoms with Crippen molar-refractivity contribution < 1.29 is 60.1 Å². The van der Waals surface area contributed by atoms with Crippen LogP contribution in [0.5, 0.6) is 0 Å². The van der Waals surface area contributed by atoms with Gasteiger partial charge in [0, 0.05) is 0 Å². The van der Waals surface area contributed by atoms with Crippen LogP contribution in [0.3, 0.4) is 0 Å². The molecule has 0 aliphatic carbocycles. The van der Waals surface area contributed by atoms with E-state index in [0.29, 0.717) is 0 Å². The Labute approximate surface area is 135 Å². The molecule has 0 spiro atoms. The van der Waals surface area contributed by atoms with E-state index in [4.69, 9.17) is 19.5 Å². The maximum absolute atomic E-state index is 9.97. The van der Waals surface area contributed by atoms with Gasteiger partial charge in [0.2, 0.25) is 0 Å². The van der Waals surface area contributed by atoms with Gasteiger partial charge in [-0.2, -0.15) is 0 Å². The summed E-state index contributed by atoms with van der Waals surface area (Å²) in [5.74, 6) is 0. The molecule has 2 heterocycles. The first-order valence-corrected chi connectivity index (χ1v) is 7.23. The standard InChI is InChI=1S/C12H22O12/c13-1-3-10(7(16)8(17)11(19)22-3)24-12-9(18)6(15)5(14)4(23-12)2-21-20/h3-20H,1-2H2/t3-,4-,5+,6+,7-,8-,9-,10-,11+,12+/m1/s1. The van der Waals surface area contributed by atoms with Gasteiger partial charge < -0.3 is 50.0 Å². The molecule has 12 nitrogen and oxygen atoms in total. The largest absolute Gasteiger partial charge is 0.394 e. The summed E-state index contributed by atoms with van der Waals surface area (Å²) in [6.07, 6.45) is -15.8. The Morgan fingerprint density at radius 1 is 0.750 bits per heavy atom. The molecule has 0 aromatic carbocycles. The van der Waals surface area contributed by atoms with Crippen molar-refractivity contribution in [1.29, 1.82) is 0 Å². The predicted molar refractivity (Wildman–Crippen MR) is 70.1 cm³/mol. The van der Waals surface area contributed by atoms with Gasteiger partial charge in [0.05, 0.1) is 6.61 Å². The van der Waals surface area contributed by atoms with E-state index in [9.17, 15) is 35.7 Å². The fourth-order valence-corrected chi connectivity index (χ4v) is 2.63. The smallest absolute Gasteiger partial charge is 0.187 e. The molecular weight excluding hydrogens is 336 g/mol. The van der Waals surface area contributed by atoms with Crippen molar-refractivity contribution in [2.24, 2.45) is 0 Å². The highest BCUT2D eigenvalue weighted by Crippen LogP contribution is 2.28. The van der Waals surface area contributed by atoms with Crippen LogP contribution in [0.2, 0.25) is 0 Å². The topological polar surface area (TPSA) is 199 Å². The van der Waals surface area contributed by atoms with Crippen molar-refractivity contribution in [2.75, 3.05) is 13.2 Å². The molecule has 0 radical (unpaired) electrons. The molecule has 0 aromatic heterocycles. The zero-order chi connectivity index (χ0) is 18.0. The quantitative estimate of drug-likeness (QED) is 0.172. The van der Waals surface area contributed by atoms with E-state index in [1.165, 1.54) is 0 Å². The Bertz CT molecular complexity index is 394. The lowest BCUT2D eigenvalue weighted by Gasteiger charge is -2.45. The summed E-state index contributed by atoms with van der Waals surface area (Å²) in [5.41, 5.74) is 0. The summed E-state index contributed by atoms with van der Waals surface area (Å²) < 4.78 is 15.3. The third-order valence-electron chi connectivity index (χ3n) is 4.04. The number of aliphatic hydroxyl groups excluding tert-OH is 7. The molecule has 0 bridgehead atoms. The lowest BCUT2D eigenvalue weighted by Crippen LogP contribution is -2.64. The number of rotatable bonds is 5. The summed E-state index contributed by atoms with van der Waals surface area (Å²) in [7, 11) is 0. The van der Waals surface area contributed by atoms with E-state index in [0.717, 1.165) is 0 Å². The minimum Gasteiger partial charge on any atom is -0.394 e. The maximum atomic E-state index is 9.97. The molecular formula is C12H22O12. The zero-order valence-electron chi connectivity index (χ0n) is 12.4. The average Bonchev–Trinajstić information content (AvgIpc) is 2.57. The van der Waals surface area contributed by atoms with Crippen LogP contribution in [0.15, 0.2) is 0 Å². The predicted octanol–water partition coefficient (Wildman–Crippen LogP) is -4.90. The molecule has 10 atom stereocenters. The first-order chi connectivity index (χ1) is 11.3. The fraction of sp³-hybridized carbons (Fsp3) is 1.00. The van der Waals surface area contributed by atoms with Crippen molar-refractivity contribution >= 4 is 0 Å². The normalized spacial score (nSPS) is 50.0. The minimum absolute atomic E-state index is 0.542. The fourth-order valence-electron chi connectivity index (χ4n) is 2.63. The lowest BCUT2D eigenvalue weighted by atomic mass is 9.97. The molecule has 2 saturated heterocycles. The summed E-state index contributed by atoms with van der Waals surface area (Å²) in [4.78, 5) is 3.85. The van der Waals surface area contributed by atoms with Gasteiger partial charge in [-0.25, -0.2) is 4.89 Å². The number of hydrogen-bond acceptors (Lipinski definition) is 12. The second kappa shape index (κ2) is 8.27. The molecule has 2 rings (SSSR count). The van der Waals surface area contributed by atoms with Gasteiger partial charge >= 0.3 is 0 Å². The minimum atomic E-state index is -1.75. The molecule has 0 amide bonds. The lowest BCUT2D eigenvalue weighted by molar-refractivity contribution is -0.365. The summed E-state index contributed by atoms with van der Waals surface area (Å²) in [5, 5.41) is 76.2. The highest BCUT2D eigenvalue weighted by atomic mass is 17.1. The summed E-state index contributed by atoms with van der Waals surface area (Å²) >= 11 is 0. The van der Waals surface area contributed by atoms with E-state index in [1.807, 2.05) is 0 Å². The van der Waals surface area contributed by atoms with Gasteiger partial charge in [0.15, 0.2) is 12.6 Å². The highest BCUT2D eigenvalue weighted by Gasteiger charge is 2.50. The second-order valence-electron chi connectivity index (χ2n) is 5.64. The summed E-state index contributed by atoms with van der Waals surface area (Å²) in [6.45, 7) is -1.23. The Kier molecular flexibility index (Phi) is 6.83. The van der Waals surface area contributed by atoms with Crippen LogP contribution in [0.25, 0.3) is 0 Å². The highest BCUT2D eigenvalue weighted by molar-refractivity contribution is 4.93. The van der Waals surface area contributed by atoms with Gasteiger partial charge in [0.1, 0.15) is 55.4 Å². The van der Waals surface area contributed by atoms with Crippen LogP contribution >= 0.6 is 0 Å². The van der Waals surface area contributed by atoms with Crippen LogP contribution in [-0.4, -0.2) is 116 Å². The molecule has 2 aliphatic rings. The van der Waals surface area contributed by atoms with E-state index in [1.54, 1.807) is 0 Å². The summed E-state index contributed by atoms with van der Waals surface area (Å²) in [6, 6.07) is 0. The number of ether oxygens (including phenoxy) is 3. The molecule has 142 valence electrons.